The first-order valence-electron chi connectivity index (χ1n) is 6.12. The van der Waals surface area contributed by atoms with Crippen molar-refractivity contribution in [1.29, 1.82) is 0 Å². The summed E-state index contributed by atoms with van der Waals surface area (Å²) < 4.78 is 16.2. The van der Waals surface area contributed by atoms with Gasteiger partial charge in [-0.05, 0) is 23.8 Å². The Labute approximate surface area is 113 Å². The summed E-state index contributed by atoms with van der Waals surface area (Å²) in [6.45, 7) is 0. The van der Waals surface area contributed by atoms with E-state index in [0.717, 1.165) is 28.4 Å². The SMILES string of the molecule is COc1ccccc1Cc1c(OC)cccc1OC. The molecule has 3 heteroatoms. The quantitative estimate of drug-likeness (QED) is 0.823. The topological polar surface area (TPSA) is 27.7 Å². The van der Waals surface area contributed by atoms with Gasteiger partial charge in [-0.3, -0.25) is 0 Å². The minimum atomic E-state index is 0.706. The maximum Gasteiger partial charge on any atom is 0.126 e. The molecular formula is C16H18O3. The molecule has 0 aliphatic carbocycles. The summed E-state index contributed by atoms with van der Waals surface area (Å²) in [6.07, 6.45) is 0.706. The van der Waals surface area contributed by atoms with Gasteiger partial charge in [-0.15, -0.1) is 0 Å². The van der Waals surface area contributed by atoms with E-state index in [-0.39, 0.29) is 0 Å². The standard InChI is InChI=1S/C16H18O3/c1-17-14-8-5-4-7-12(14)11-13-15(18-2)9-6-10-16(13)19-3/h4-10H,11H2,1-3H3. The molecule has 0 heterocycles. The van der Waals surface area contributed by atoms with E-state index >= 15 is 0 Å². The molecule has 0 spiro atoms. The van der Waals surface area contributed by atoms with Crippen LogP contribution in [-0.4, -0.2) is 21.3 Å². The van der Waals surface area contributed by atoms with Crippen LogP contribution in [0.25, 0.3) is 0 Å². The number of hydrogen-bond donors (Lipinski definition) is 0. The molecule has 3 nitrogen and oxygen atoms in total. The highest BCUT2D eigenvalue weighted by atomic mass is 16.5. The van der Waals surface area contributed by atoms with Gasteiger partial charge in [-0.1, -0.05) is 24.3 Å². The summed E-state index contributed by atoms with van der Waals surface area (Å²) in [5, 5.41) is 0. The van der Waals surface area contributed by atoms with Crippen molar-refractivity contribution in [3.05, 3.63) is 53.6 Å². The molecule has 0 N–H and O–H groups in total. The highest BCUT2D eigenvalue weighted by Gasteiger charge is 2.12. The highest BCUT2D eigenvalue weighted by molar-refractivity contribution is 5.49. The molecule has 100 valence electrons. The van der Waals surface area contributed by atoms with Crippen LogP contribution in [-0.2, 0) is 6.42 Å². The van der Waals surface area contributed by atoms with Crippen LogP contribution in [0.3, 0.4) is 0 Å². The van der Waals surface area contributed by atoms with Gasteiger partial charge in [0.15, 0.2) is 0 Å². The van der Waals surface area contributed by atoms with E-state index < -0.39 is 0 Å². The fraction of sp³-hybridized carbons (Fsp3) is 0.250. The number of methoxy groups -OCH3 is 3. The predicted octanol–water partition coefficient (Wildman–Crippen LogP) is 3.30. The smallest absolute Gasteiger partial charge is 0.126 e. The normalized spacial score (nSPS) is 10.1. The summed E-state index contributed by atoms with van der Waals surface area (Å²) in [5.41, 5.74) is 2.13. The summed E-state index contributed by atoms with van der Waals surface area (Å²) in [6, 6.07) is 13.8. The zero-order valence-electron chi connectivity index (χ0n) is 11.5. The van der Waals surface area contributed by atoms with E-state index in [0.29, 0.717) is 6.42 Å². The van der Waals surface area contributed by atoms with Crippen molar-refractivity contribution in [2.24, 2.45) is 0 Å². The number of benzene rings is 2. The van der Waals surface area contributed by atoms with E-state index in [2.05, 4.69) is 0 Å². The second kappa shape index (κ2) is 6.14. The van der Waals surface area contributed by atoms with Crippen molar-refractivity contribution in [1.82, 2.24) is 0 Å². The minimum Gasteiger partial charge on any atom is -0.496 e. The van der Waals surface area contributed by atoms with Crippen molar-refractivity contribution in [3.63, 3.8) is 0 Å². The van der Waals surface area contributed by atoms with Crippen LogP contribution in [0.15, 0.2) is 42.5 Å². The first kappa shape index (κ1) is 13.3. The Balaban J connectivity index is 2.42. The average Bonchev–Trinajstić information content (AvgIpc) is 2.48. The second-order valence-corrected chi connectivity index (χ2v) is 4.13. The molecule has 2 aromatic carbocycles. The number of ether oxygens (including phenoxy) is 3. The van der Waals surface area contributed by atoms with Crippen LogP contribution in [0.1, 0.15) is 11.1 Å². The monoisotopic (exact) mass is 258 g/mol. The molecule has 0 aliphatic rings. The maximum atomic E-state index is 5.41. The summed E-state index contributed by atoms with van der Waals surface area (Å²) in [7, 11) is 5.01. The molecule has 2 aromatic rings. The Morgan fingerprint density at radius 3 is 1.79 bits per heavy atom. The van der Waals surface area contributed by atoms with Crippen LogP contribution >= 0.6 is 0 Å². The Morgan fingerprint density at radius 1 is 0.684 bits per heavy atom. The molecule has 0 unspecified atom stereocenters. The average molecular weight is 258 g/mol. The van der Waals surface area contributed by atoms with Crippen molar-refractivity contribution in [3.8, 4) is 17.2 Å². The van der Waals surface area contributed by atoms with E-state index in [9.17, 15) is 0 Å². The zero-order chi connectivity index (χ0) is 13.7. The lowest BCUT2D eigenvalue weighted by atomic mass is 10.0. The Morgan fingerprint density at radius 2 is 1.21 bits per heavy atom. The van der Waals surface area contributed by atoms with Gasteiger partial charge in [-0.2, -0.15) is 0 Å². The highest BCUT2D eigenvalue weighted by Crippen LogP contribution is 2.32. The molecule has 0 fully saturated rings. The van der Waals surface area contributed by atoms with E-state index in [4.69, 9.17) is 14.2 Å². The summed E-state index contributed by atoms with van der Waals surface area (Å²) in [4.78, 5) is 0. The number of hydrogen-bond acceptors (Lipinski definition) is 3. The van der Waals surface area contributed by atoms with E-state index in [1.807, 2.05) is 42.5 Å². The molecular weight excluding hydrogens is 240 g/mol. The molecule has 0 atom stereocenters. The second-order valence-electron chi connectivity index (χ2n) is 4.13. The van der Waals surface area contributed by atoms with Gasteiger partial charge in [0.2, 0.25) is 0 Å². The summed E-state index contributed by atoms with van der Waals surface area (Å²) >= 11 is 0. The molecule has 0 aromatic heterocycles. The largest absolute Gasteiger partial charge is 0.496 e. The van der Waals surface area contributed by atoms with Crippen molar-refractivity contribution in [2.75, 3.05) is 21.3 Å². The number of para-hydroxylation sites is 1. The third-order valence-electron chi connectivity index (χ3n) is 3.09. The molecule has 0 aliphatic heterocycles. The Hall–Kier alpha value is -2.16. The first-order chi connectivity index (χ1) is 9.30. The van der Waals surface area contributed by atoms with Crippen LogP contribution in [0.5, 0.6) is 17.2 Å². The minimum absolute atomic E-state index is 0.706. The lowest BCUT2D eigenvalue weighted by Crippen LogP contribution is -1.99. The molecule has 0 radical (unpaired) electrons. The van der Waals surface area contributed by atoms with Gasteiger partial charge in [0.05, 0.1) is 21.3 Å². The van der Waals surface area contributed by atoms with Gasteiger partial charge in [0, 0.05) is 12.0 Å². The lowest BCUT2D eigenvalue weighted by molar-refractivity contribution is 0.385. The van der Waals surface area contributed by atoms with Gasteiger partial charge in [0.25, 0.3) is 0 Å². The third kappa shape index (κ3) is 2.81. The van der Waals surface area contributed by atoms with Gasteiger partial charge < -0.3 is 14.2 Å². The molecule has 2 rings (SSSR count). The predicted molar refractivity (Wildman–Crippen MR) is 75.3 cm³/mol. The van der Waals surface area contributed by atoms with Crippen molar-refractivity contribution >= 4 is 0 Å². The Kier molecular flexibility index (Phi) is 4.29. The number of rotatable bonds is 5. The fourth-order valence-electron chi connectivity index (χ4n) is 2.14. The molecule has 19 heavy (non-hydrogen) atoms. The van der Waals surface area contributed by atoms with Crippen LogP contribution in [0.4, 0.5) is 0 Å². The third-order valence-corrected chi connectivity index (χ3v) is 3.09. The lowest BCUT2D eigenvalue weighted by Gasteiger charge is -2.14. The first-order valence-corrected chi connectivity index (χ1v) is 6.12. The summed E-state index contributed by atoms with van der Waals surface area (Å²) in [5.74, 6) is 2.52. The maximum absolute atomic E-state index is 5.41. The fourth-order valence-corrected chi connectivity index (χ4v) is 2.14. The van der Waals surface area contributed by atoms with Gasteiger partial charge in [0.1, 0.15) is 17.2 Å². The molecule has 0 saturated heterocycles. The molecule has 0 amide bonds. The van der Waals surface area contributed by atoms with E-state index in [1.54, 1.807) is 21.3 Å². The van der Waals surface area contributed by atoms with Crippen LogP contribution < -0.4 is 14.2 Å². The van der Waals surface area contributed by atoms with Gasteiger partial charge in [-0.25, -0.2) is 0 Å². The van der Waals surface area contributed by atoms with E-state index in [1.165, 1.54) is 0 Å². The molecule has 0 saturated carbocycles. The zero-order valence-corrected chi connectivity index (χ0v) is 11.5. The van der Waals surface area contributed by atoms with Crippen molar-refractivity contribution in [2.45, 2.75) is 6.42 Å². The van der Waals surface area contributed by atoms with Crippen LogP contribution in [0, 0.1) is 0 Å². The van der Waals surface area contributed by atoms with Gasteiger partial charge >= 0.3 is 0 Å². The van der Waals surface area contributed by atoms with Crippen LogP contribution in [0.2, 0.25) is 0 Å². The Bertz CT molecular complexity index is 527. The van der Waals surface area contributed by atoms with Crippen molar-refractivity contribution < 1.29 is 14.2 Å². The molecule has 0 bridgehead atoms.